The van der Waals surface area contributed by atoms with Gasteiger partial charge in [0.2, 0.25) is 0 Å². The van der Waals surface area contributed by atoms with Crippen molar-refractivity contribution in [3.8, 4) is 0 Å². The molecule has 1 N–H and O–H groups in total. The Labute approximate surface area is 154 Å². The van der Waals surface area contributed by atoms with Crippen LogP contribution in [0.3, 0.4) is 0 Å². The van der Waals surface area contributed by atoms with E-state index in [4.69, 9.17) is 0 Å². The molecule has 0 bridgehead atoms. The van der Waals surface area contributed by atoms with Gasteiger partial charge in [0.25, 0.3) is 5.91 Å². The number of hydrogen-bond acceptors (Lipinski definition) is 4. The van der Waals surface area contributed by atoms with Gasteiger partial charge in [0, 0.05) is 30.6 Å². The van der Waals surface area contributed by atoms with Crippen LogP contribution in [-0.4, -0.2) is 39.7 Å². The average Bonchev–Trinajstić information content (AvgIpc) is 3.24. The van der Waals surface area contributed by atoms with Gasteiger partial charge in [-0.3, -0.25) is 14.4 Å². The van der Waals surface area contributed by atoms with Crippen LogP contribution >= 0.6 is 11.3 Å². The van der Waals surface area contributed by atoms with E-state index < -0.39 is 0 Å². The topological polar surface area (TPSA) is 50.2 Å². The summed E-state index contributed by atoms with van der Waals surface area (Å²) in [5, 5.41) is 9.91. The van der Waals surface area contributed by atoms with Crippen molar-refractivity contribution >= 4 is 17.2 Å². The minimum Gasteiger partial charge on any atom is -0.347 e. The zero-order valence-corrected chi connectivity index (χ0v) is 16.2. The largest absolute Gasteiger partial charge is 0.347 e. The lowest BCUT2D eigenvalue weighted by Gasteiger charge is -2.32. The molecule has 1 aliphatic heterocycles. The predicted molar refractivity (Wildman–Crippen MR) is 102 cm³/mol. The van der Waals surface area contributed by atoms with E-state index in [1.54, 1.807) is 11.3 Å². The first-order valence-electron chi connectivity index (χ1n) is 9.20. The zero-order chi connectivity index (χ0) is 17.8. The Balaban J connectivity index is 1.62. The number of carbonyl (C=O) groups is 1. The van der Waals surface area contributed by atoms with E-state index in [-0.39, 0.29) is 11.9 Å². The fourth-order valence-electron chi connectivity index (χ4n) is 3.34. The van der Waals surface area contributed by atoms with Gasteiger partial charge in [-0.05, 0) is 49.7 Å². The maximum absolute atomic E-state index is 12.8. The van der Waals surface area contributed by atoms with Gasteiger partial charge in [-0.15, -0.1) is 11.3 Å². The molecule has 136 valence electrons. The standard InChI is InChI=1S/C19H28N4OS/c1-4-23-18(11-17(21-23)14(2)3)19(24)20-15-7-5-9-22(12-15)13-16-8-6-10-25-16/h6,8,10-11,14-15H,4-5,7,9,12-13H2,1-3H3,(H,20,24)/t15-/m1/s1. The molecule has 3 rings (SSSR count). The third-order valence-electron chi connectivity index (χ3n) is 4.72. The van der Waals surface area contributed by atoms with Crippen LogP contribution in [0.5, 0.6) is 0 Å². The predicted octanol–water partition coefficient (Wildman–Crippen LogP) is 3.48. The van der Waals surface area contributed by atoms with Gasteiger partial charge in [0.05, 0.1) is 5.69 Å². The first-order valence-corrected chi connectivity index (χ1v) is 10.1. The number of thiophene rings is 1. The molecule has 0 radical (unpaired) electrons. The summed E-state index contributed by atoms with van der Waals surface area (Å²) in [6, 6.07) is 6.43. The second-order valence-electron chi connectivity index (χ2n) is 7.05. The Hall–Kier alpha value is -1.66. The first kappa shape index (κ1) is 18.1. The van der Waals surface area contributed by atoms with E-state index in [0.717, 1.165) is 38.2 Å². The summed E-state index contributed by atoms with van der Waals surface area (Å²) in [4.78, 5) is 16.6. The molecule has 6 heteroatoms. The van der Waals surface area contributed by atoms with Gasteiger partial charge in [0.1, 0.15) is 5.69 Å². The van der Waals surface area contributed by atoms with Crippen LogP contribution in [-0.2, 0) is 13.1 Å². The highest BCUT2D eigenvalue weighted by atomic mass is 32.1. The van der Waals surface area contributed by atoms with E-state index >= 15 is 0 Å². The lowest BCUT2D eigenvalue weighted by molar-refractivity contribution is 0.0890. The number of aromatic nitrogens is 2. The van der Waals surface area contributed by atoms with Crippen molar-refractivity contribution in [3.05, 3.63) is 39.8 Å². The first-order chi connectivity index (χ1) is 12.1. The molecule has 5 nitrogen and oxygen atoms in total. The summed E-state index contributed by atoms with van der Waals surface area (Å²) < 4.78 is 1.82. The Kier molecular flexibility index (Phi) is 5.91. The lowest BCUT2D eigenvalue weighted by atomic mass is 10.1. The smallest absolute Gasteiger partial charge is 0.269 e. The fraction of sp³-hybridized carbons (Fsp3) is 0.579. The third kappa shape index (κ3) is 4.50. The molecule has 2 aromatic rings. The minimum atomic E-state index is 0.00391. The van der Waals surface area contributed by atoms with Gasteiger partial charge in [-0.1, -0.05) is 19.9 Å². The number of rotatable bonds is 6. The van der Waals surface area contributed by atoms with Gasteiger partial charge < -0.3 is 5.32 Å². The van der Waals surface area contributed by atoms with Crippen LogP contribution in [0, 0.1) is 0 Å². The number of hydrogen-bond donors (Lipinski definition) is 1. The molecular weight excluding hydrogens is 332 g/mol. The van der Waals surface area contributed by atoms with Crippen molar-refractivity contribution < 1.29 is 4.79 Å². The molecule has 0 aliphatic carbocycles. The van der Waals surface area contributed by atoms with Gasteiger partial charge in [-0.2, -0.15) is 5.10 Å². The highest BCUT2D eigenvalue weighted by molar-refractivity contribution is 7.09. The van der Waals surface area contributed by atoms with Crippen LogP contribution in [0.15, 0.2) is 23.6 Å². The van der Waals surface area contributed by atoms with Crippen LogP contribution in [0.25, 0.3) is 0 Å². The fourth-order valence-corrected chi connectivity index (χ4v) is 4.09. The van der Waals surface area contributed by atoms with Crippen LogP contribution in [0.2, 0.25) is 0 Å². The van der Waals surface area contributed by atoms with Crippen molar-refractivity contribution in [2.75, 3.05) is 13.1 Å². The van der Waals surface area contributed by atoms with Crippen molar-refractivity contribution in [3.63, 3.8) is 0 Å². The molecule has 25 heavy (non-hydrogen) atoms. The van der Waals surface area contributed by atoms with Crippen molar-refractivity contribution in [1.82, 2.24) is 20.0 Å². The number of carbonyl (C=O) groups excluding carboxylic acids is 1. The average molecular weight is 361 g/mol. The molecule has 1 amide bonds. The summed E-state index contributed by atoms with van der Waals surface area (Å²) in [5.74, 6) is 0.333. The second kappa shape index (κ2) is 8.15. The summed E-state index contributed by atoms with van der Waals surface area (Å²) in [6.07, 6.45) is 2.17. The molecule has 1 saturated heterocycles. The number of amides is 1. The van der Waals surface area contributed by atoms with Crippen LogP contribution < -0.4 is 5.32 Å². The highest BCUT2D eigenvalue weighted by Crippen LogP contribution is 2.18. The van der Waals surface area contributed by atoms with Crippen molar-refractivity contribution in [2.45, 2.75) is 58.7 Å². The molecule has 0 spiro atoms. The van der Waals surface area contributed by atoms with E-state index in [2.05, 4.69) is 46.7 Å². The van der Waals surface area contributed by atoms with Crippen LogP contribution in [0.4, 0.5) is 0 Å². The van der Waals surface area contributed by atoms with Crippen LogP contribution in [0.1, 0.15) is 60.6 Å². The molecular formula is C19H28N4OS. The molecule has 0 saturated carbocycles. The van der Waals surface area contributed by atoms with Gasteiger partial charge in [-0.25, -0.2) is 0 Å². The Morgan fingerprint density at radius 3 is 3.00 bits per heavy atom. The summed E-state index contributed by atoms with van der Waals surface area (Å²) in [7, 11) is 0. The van der Waals surface area contributed by atoms with E-state index in [1.807, 2.05) is 17.7 Å². The SMILES string of the molecule is CCn1nc(C(C)C)cc1C(=O)N[C@@H]1CCCN(Cc2cccs2)C1. The molecule has 0 aromatic carbocycles. The molecule has 3 heterocycles. The molecule has 1 aliphatic rings. The Morgan fingerprint density at radius 1 is 1.48 bits per heavy atom. The highest BCUT2D eigenvalue weighted by Gasteiger charge is 2.24. The maximum atomic E-state index is 12.8. The Morgan fingerprint density at radius 2 is 2.32 bits per heavy atom. The summed E-state index contributed by atoms with van der Waals surface area (Å²) in [6.45, 7) is 9.95. The summed E-state index contributed by atoms with van der Waals surface area (Å²) >= 11 is 1.80. The van der Waals surface area contributed by atoms with Crippen molar-refractivity contribution in [1.29, 1.82) is 0 Å². The van der Waals surface area contributed by atoms with E-state index in [0.29, 0.717) is 18.2 Å². The third-order valence-corrected chi connectivity index (χ3v) is 5.58. The summed E-state index contributed by atoms with van der Waals surface area (Å²) in [5.41, 5.74) is 1.66. The van der Waals surface area contributed by atoms with Gasteiger partial charge >= 0.3 is 0 Å². The number of nitrogens with one attached hydrogen (secondary N) is 1. The normalized spacial score (nSPS) is 18.6. The lowest BCUT2D eigenvalue weighted by Crippen LogP contribution is -2.47. The molecule has 1 atom stereocenters. The maximum Gasteiger partial charge on any atom is 0.269 e. The number of likely N-dealkylation sites (tertiary alicyclic amines) is 1. The number of nitrogens with zero attached hydrogens (tertiary/aromatic N) is 3. The van der Waals surface area contributed by atoms with Crippen molar-refractivity contribution in [2.24, 2.45) is 0 Å². The van der Waals surface area contributed by atoms with Gasteiger partial charge in [0.15, 0.2) is 0 Å². The zero-order valence-electron chi connectivity index (χ0n) is 15.4. The second-order valence-corrected chi connectivity index (χ2v) is 8.08. The monoisotopic (exact) mass is 360 g/mol. The Bertz CT molecular complexity index is 692. The number of piperidine rings is 1. The quantitative estimate of drug-likeness (QED) is 0.858. The van der Waals surface area contributed by atoms with E-state index in [9.17, 15) is 4.79 Å². The number of aryl methyl sites for hydroxylation is 1. The molecule has 0 unspecified atom stereocenters. The molecule has 1 fully saturated rings. The van der Waals surface area contributed by atoms with E-state index in [1.165, 1.54) is 4.88 Å². The minimum absolute atomic E-state index is 0.00391. The molecule has 2 aromatic heterocycles.